The van der Waals surface area contributed by atoms with E-state index >= 15 is 0 Å². The smallest absolute Gasteiger partial charge is 0.224 e. The lowest BCUT2D eigenvalue weighted by Crippen LogP contribution is -2.44. The molecule has 3 rings (SSSR count). The maximum atomic E-state index is 12.1. The zero-order valence-electron chi connectivity index (χ0n) is 16.0. The van der Waals surface area contributed by atoms with Gasteiger partial charge in [-0.15, -0.1) is 0 Å². The molecule has 2 unspecified atom stereocenters. The average Bonchev–Trinajstić information content (AvgIpc) is 2.62. The molecule has 2 aromatic carbocycles. The second kappa shape index (κ2) is 9.49. The molecule has 1 saturated heterocycles. The van der Waals surface area contributed by atoms with Gasteiger partial charge in [-0.1, -0.05) is 52.3 Å². The molecule has 1 aliphatic rings. The summed E-state index contributed by atoms with van der Waals surface area (Å²) in [6.07, 6.45) is 0.974. The molecule has 1 amide bonds. The van der Waals surface area contributed by atoms with Gasteiger partial charge in [0.15, 0.2) is 0 Å². The molecule has 0 aliphatic carbocycles. The van der Waals surface area contributed by atoms with Crippen molar-refractivity contribution in [3.8, 4) is 0 Å². The summed E-state index contributed by atoms with van der Waals surface area (Å²) in [7, 11) is 0. The predicted octanol–water partition coefficient (Wildman–Crippen LogP) is 3.92. The van der Waals surface area contributed by atoms with Crippen molar-refractivity contribution in [2.45, 2.75) is 45.6 Å². The summed E-state index contributed by atoms with van der Waals surface area (Å²) >= 11 is 3.41. The Hall–Kier alpha value is -1.69. The quantitative estimate of drug-likeness (QED) is 0.754. The molecule has 144 valence electrons. The van der Waals surface area contributed by atoms with Crippen molar-refractivity contribution in [2.24, 2.45) is 0 Å². The van der Waals surface area contributed by atoms with Gasteiger partial charge >= 0.3 is 0 Å². The average molecular weight is 431 g/mol. The van der Waals surface area contributed by atoms with Crippen LogP contribution in [0.4, 0.5) is 0 Å². The number of hydrogen-bond acceptors (Lipinski definition) is 3. The van der Waals surface area contributed by atoms with E-state index in [0.29, 0.717) is 13.0 Å². The summed E-state index contributed by atoms with van der Waals surface area (Å²) in [6.45, 7) is 7.69. The van der Waals surface area contributed by atoms with Crippen LogP contribution in [0.5, 0.6) is 0 Å². The zero-order chi connectivity index (χ0) is 19.2. The number of morpholine rings is 1. The first-order valence-corrected chi connectivity index (χ1v) is 10.2. The van der Waals surface area contributed by atoms with E-state index < -0.39 is 0 Å². The number of carbonyl (C=O) groups is 1. The molecular formula is C22H27BrN2O2. The van der Waals surface area contributed by atoms with Crippen LogP contribution in [0.3, 0.4) is 0 Å². The van der Waals surface area contributed by atoms with Gasteiger partial charge in [-0.05, 0) is 42.7 Å². The highest BCUT2D eigenvalue weighted by molar-refractivity contribution is 9.10. The minimum absolute atomic E-state index is 0.0395. The summed E-state index contributed by atoms with van der Waals surface area (Å²) in [4.78, 5) is 14.6. The molecule has 2 atom stereocenters. The maximum Gasteiger partial charge on any atom is 0.224 e. The van der Waals surface area contributed by atoms with E-state index in [4.69, 9.17) is 4.74 Å². The molecule has 27 heavy (non-hydrogen) atoms. The Morgan fingerprint density at radius 3 is 2.19 bits per heavy atom. The van der Waals surface area contributed by atoms with Crippen LogP contribution in [0.25, 0.3) is 0 Å². The van der Waals surface area contributed by atoms with E-state index in [1.54, 1.807) is 0 Å². The Morgan fingerprint density at radius 1 is 1.00 bits per heavy atom. The fourth-order valence-electron chi connectivity index (χ4n) is 3.49. The van der Waals surface area contributed by atoms with Crippen LogP contribution in [-0.4, -0.2) is 36.1 Å². The van der Waals surface area contributed by atoms with E-state index in [9.17, 15) is 4.79 Å². The molecule has 1 fully saturated rings. The van der Waals surface area contributed by atoms with Crippen LogP contribution in [0, 0.1) is 0 Å². The highest BCUT2D eigenvalue weighted by Gasteiger charge is 2.21. The van der Waals surface area contributed by atoms with Crippen molar-refractivity contribution >= 4 is 21.8 Å². The lowest BCUT2D eigenvalue weighted by molar-refractivity contribution is -0.120. The monoisotopic (exact) mass is 430 g/mol. The van der Waals surface area contributed by atoms with Gasteiger partial charge in [0.1, 0.15) is 0 Å². The predicted molar refractivity (Wildman–Crippen MR) is 111 cm³/mol. The van der Waals surface area contributed by atoms with Crippen molar-refractivity contribution in [1.29, 1.82) is 0 Å². The fourth-order valence-corrected chi connectivity index (χ4v) is 3.75. The summed E-state index contributed by atoms with van der Waals surface area (Å²) < 4.78 is 6.81. The topological polar surface area (TPSA) is 41.6 Å². The molecule has 1 aliphatic heterocycles. The molecule has 4 nitrogen and oxygen atoms in total. The third-order valence-corrected chi connectivity index (χ3v) is 5.22. The minimum atomic E-state index is 0.0395. The van der Waals surface area contributed by atoms with Crippen LogP contribution in [0.2, 0.25) is 0 Å². The molecule has 1 N–H and O–H groups in total. The molecule has 1 heterocycles. The number of ether oxygens (including phenoxy) is 1. The fraction of sp³-hybridized carbons (Fsp3) is 0.409. The van der Waals surface area contributed by atoms with Crippen LogP contribution in [0.15, 0.2) is 53.0 Å². The van der Waals surface area contributed by atoms with Crippen molar-refractivity contribution < 1.29 is 9.53 Å². The third-order valence-electron chi connectivity index (χ3n) is 4.69. The van der Waals surface area contributed by atoms with Crippen molar-refractivity contribution in [3.05, 3.63) is 69.7 Å². The highest BCUT2D eigenvalue weighted by atomic mass is 79.9. The van der Waals surface area contributed by atoms with E-state index in [2.05, 4.69) is 64.3 Å². The Labute approximate surface area is 170 Å². The van der Waals surface area contributed by atoms with Gasteiger partial charge in [0.25, 0.3) is 0 Å². The Morgan fingerprint density at radius 2 is 1.56 bits per heavy atom. The molecule has 0 saturated carbocycles. The maximum absolute atomic E-state index is 12.1. The van der Waals surface area contributed by atoms with Gasteiger partial charge in [-0.25, -0.2) is 0 Å². The van der Waals surface area contributed by atoms with Gasteiger partial charge < -0.3 is 10.1 Å². The largest absolute Gasteiger partial charge is 0.373 e. The van der Waals surface area contributed by atoms with Crippen LogP contribution in [0.1, 0.15) is 30.5 Å². The van der Waals surface area contributed by atoms with Crippen LogP contribution in [-0.2, 0) is 29.0 Å². The van der Waals surface area contributed by atoms with E-state index in [1.165, 1.54) is 5.56 Å². The number of amides is 1. The van der Waals surface area contributed by atoms with E-state index in [1.807, 2.05) is 24.3 Å². The Kier molecular flexibility index (Phi) is 7.05. The third kappa shape index (κ3) is 6.45. The SMILES string of the molecule is CC1CN(Cc2ccc(CNC(=O)Cc3ccc(Br)cc3)cc2)CC(C)O1. The Bertz CT molecular complexity index is 736. The lowest BCUT2D eigenvalue weighted by atomic mass is 10.1. The molecule has 0 radical (unpaired) electrons. The van der Waals surface area contributed by atoms with Gasteiger partial charge in [-0.3, -0.25) is 9.69 Å². The van der Waals surface area contributed by atoms with Crippen molar-refractivity contribution in [2.75, 3.05) is 13.1 Å². The number of benzene rings is 2. The lowest BCUT2D eigenvalue weighted by Gasteiger charge is -2.35. The van der Waals surface area contributed by atoms with Crippen LogP contribution < -0.4 is 5.32 Å². The van der Waals surface area contributed by atoms with Gasteiger partial charge in [0, 0.05) is 30.7 Å². The number of hydrogen-bond donors (Lipinski definition) is 1. The van der Waals surface area contributed by atoms with Crippen molar-refractivity contribution in [1.82, 2.24) is 10.2 Å². The van der Waals surface area contributed by atoms with Gasteiger partial charge in [0.05, 0.1) is 18.6 Å². The second-order valence-corrected chi connectivity index (χ2v) is 8.26. The molecule has 0 aromatic heterocycles. The number of nitrogens with zero attached hydrogens (tertiary/aromatic N) is 1. The molecular weight excluding hydrogens is 404 g/mol. The number of halogens is 1. The molecule has 5 heteroatoms. The molecule has 2 aromatic rings. The Balaban J connectivity index is 1.46. The van der Waals surface area contributed by atoms with Gasteiger partial charge in [-0.2, -0.15) is 0 Å². The highest BCUT2D eigenvalue weighted by Crippen LogP contribution is 2.15. The first-order valence-electron chi connectivity index (χ1n) is 9.44. The zero-order valence-corrected chi connectivity index (χ0v) is 17.5. The summed E-state index contributed by atoms with van der Waals surface area (Å²) in [5.74, 6) is 0.0395. The number of carbonyl (C=O) groups excluding carboxylic acids is 1. The first-order chi connectivity index (χ1) is 13.0. The van der Waals surface area contributed by atoms with Gasteiger partial charge in [0.2, 0.25) is 5.91 Å². The van der Waals surface area contributed by atoms with Crippen molar-refractivity contribution in [3.63, 3.8) is 0 Å². The normalized spacial score (nSPS) is 20.4. The number of rotatable bonds is 6. The minimum Gasteiger partial charge on any atom is -0.373 e. The first kappa shape index (κ1) is 20.1. The summed E-state index contributed by atoms with van der Waals surface area (Å²) in [5.41, 5.74) is 3.42. The number of nitrogens with one attached hydrogen (secondary N) is 1. The standard InChI is InChI=1S/C22H27BrN2O2/c1-16-13-25(14-17(2)27-16)15-20-5-3-19(4-6-20)12-24-22(26)11-18-7-9-21(23)10-8-18/h3-10,16-17H,11-15H2,1-2H3,(H,24,26). The summed E-state index contributed by atoms with van der Waals surface area (Å²) in [5, 5.41) is 3.00. The molecule has 0 bridgehead atoms. The van der Waals surface area contributed by atoms with Crippen LogP contribution >= 0.6 is 15.9 Å². The van der Waals surface area contributed by atoms with E-state index in [-0.39, 0.29) is 18.1 Å². The van der Waals surface area contributed by atoms with E-state index in [0.717, 1.165) is 35.2 Å². The molecule has 0 spiro atoms. The second-order valence-electron chi connectivity index (χ2n) is 7.35. The summed E-state index contributed by atoms with van der Waals surface area (Å²) in [6, 6.07) is 16.3.